The average Bonchev–Trinajstić information content (AvgIpc) is 2.79. The third kappa shape index (κ3) is 7.13. The van der Waals surface area contributed by atoms with Crippen molar-refractivity contribution in [3.8, 4) is 0 Å². The highest BCUT2D eigenvalue weighted by molar-refractivity contribution is 5.88. The Morgan fingerprint density at radius 3 is 1.55 bits per heavy atom. The number of aliphatic hydroxyl groups excluding tert-OH is 2. The summed E-state index contributed by atoms with van der Waals surface area (Å²) in [5, 5.41) is 21.4. The van der Waals surface area contributed by atoms with Crippen molar-refractivity contribution >= 4 is 23.9 Å². The second-order valence-electron chi connectivity index (χ2n) is 7.95. The lowest BCUT2D eigenvalue weighted by Crippen LogP contribution is -2.67. The minimum atomic E-state index is -1.81. The van der Waals surface area contributed by atoms with Crippen LogP contribution in [0.15, 0.2) is 23.3 Å². The molecular weight excluding hydrogens is 436 g/mol. The van der Waals surface area contributed by atoms with Gasteiger partial charge in [0.05, 0.1) is 5.92 Å². The molecule has 1 rings (SSSR count). The van der Waals surface area contributed by atoms with E-state index in [1.165, 1.54) is 26.0 Å². The highest BCUT2D eigenvalue weighted by Gasteiger charge is 2.57. The van der Waals surface area contributed by atoms with Crippen LogP contribution in [0.4, 0.5) is 0 Å². The molecule has 1 saturated carbocycles. The predicted octanol–water partition coefficient (Wildman–Crippen LogP) is 1.37. The van der Waals surface area contributed by atoms with Crippen LogP contribution in [0, 0.1) is 5.92 Å². The Labute approximate surface area is 193 Å². The Balaban J connectivity index is 3.54. The summed E-state index contributed by atoms with van der Waals surface area (Å²) in [4.78, 5) is 49.3. The number of allylic oxidation sites excluding steroid dienone is 2. The van der Waals surface area contributed by atoms with Gasteiger partial charge in [-0.25, -0.2) is 9.59 Å². The van der Waals surface area contributed by atoms with Gasteiger partial charge in [-0.15, -0.1) is 0 Å². The summed E-state index contributed by atoms with van der Waals surface area (Å²) in [5.41, 5.74) is 0.395. The molecule has 0 spiro atoms. The van der Waals surface area contributed by atoms with Crippen LogP contribution in [-0.2, 0) is 38.1 Å². The van der Waals surface area contributed by atoms with Crippen molar-refractivity contribution in [3.63, 3.8) is 0 Å². The Hall–Kier alpha value is -2.72. The van der Waals surface area contributed by atoms with Gasteiger partial charge in [0.25, 0.3) is 0 Å². The SMILES string of the molecule is C/C=C(/C)C(=O)O[C@@H]1[C@H](OC(=O)[C@H](C)CC)[C@H](OC(=O)/C(C)=C\C)[C@@H](O)[C@H](O)[C@H]1OC(C)=O. The quantitative estimate of drug-likeness (QED) is 0.303. The summed E-state index contributed by atoms with van der Waals surface area (Å²) < 4.78 is 21.5. The Morgan fingerprint density at radius 1 is 0.758 bits per heavy atom. The fourth-order valence-electron chi connectivity index (χ4n) is 2.97. The summed E-state index contributed by atoms with van der Waals surface area (Å²) in [7, 11) is 0. The first-order chi connectivity index (χ1) is 15.4. The van der Waals surface area contributed by atoms with Gasteiger partial charge >= 0.3 is 23.9 Å². The maximum absolute atomic E-state index is 12.6. The number of hydrogen-bond acceptors (Lipinski definition) is 10. The number of hydrogen-bond donors (Lipinski definition) is 2. The first-order valence-electron chi connectivity index (χ1n) is 10.8. The molecule has 0 aromatic rings. The molecule has 33 heavy (non-hydrogen) atoms. The topological polar surface area (TPSA) is 146 Å². The van der Waals surface area contributed by atoms with E-state index in [1.54, 1.807) is 27.7 Å². The van der Waals surface area contributed by atoms with Gasteiger partial charge in [-0.1, -0.05) is 26.0 Å². The lowest BCUT2D eigenvalue weighted by Gasteiger charge is -2.45. The van der Waals surface area contributed by atoms with Crippen molar-refractivity contribution in [2.75, 3.05) is 0 Å². The fourth-order valence-corrected chi connectivity index (χ4v) is 2.97. The van der Waals surface area contributed by atoms with E-state index in [4.69, 9.17) is 18.9 Å². The summed E-state index contributed by atoms with van der Waals surface area (Å²) in [6, 6.07) is 0. The van der Waals surface area contributed by atoms with Gasteiger partial charge in [0, 0.05) is 18.1 Å². The zero-order valence-electron chi connectivity index (χ0n) is 20.1. The molecule has 10 heteroatoms. The molecule has 0 aromatic heterocycles. The van der Waals surface area contributed by atoms with Crippen LogP contribution in [-0.4, -0.2) is 70.7 Å². The van der Waals surface area contributed by atoms with Crippen molar-refractivity contribution in [2.45, 2.75) is 91.5 Å². The summed E-state index contributed by atoms with van der Waals surface area (Å²) in [5.74, 6) is -3.77. The normalized spacial score (nSPS) is 29.0. The molecule has 1 aliphatic rings. The van der Waals surface area contributed by atoms with Crippen LogP contribution in [0.3, 0.4) is 0 Å². The maximum Gasteiger partial charge on any atom is 0.333 e. The van der Waals surface area contributed by atoms with Crippen LogP contribution >= 0.6 is 0 Å². The van der Waals surface area contributed by atoms with E-state index in [-0.39, 0.29) is 11.1 Å². The molecule has 0 radical (unpaired) electrons. The monoisotopic (exact) mass is 470 g/mol. The first kappa shape index (κ1) is 28.3. The second kappa shape index (κ2) is 12.5. The number of carbonyl (C=O) groups excluding carboxylic acids is 4. The maximum atomic E-state index is 12.6. The highest BCUT2D eigenvalue weighted by Crippen LogP contribution is 2.32. The van der Waals surface area contributed by atoms with E-state index in [0.29, 0.717) is 6.42 Å². The minimum absolute atomic E-state index is 0.197. The van der Waals surface area contributed by atoms with Crippen molar-refractivity contribution in [2.24, 2.45) is 5.92 Å². The smallest absolute Gasteiger partial charge is 0.333 e. The second-order valence-corrected chi connectivity index (χ2v) is 7.95. The Morgan fingerprint density at radius 2 is 1.15 bits per heavy atom. The third-order valence-corrected chi connectivity index (χ3v) is 5.56. The van der Waals surface area contributed by atoms with Crippen LogP contribution in [0.5, 0.6) is 0 Å². The Bertz CT molecular complexity index is 799. The molecular formula is C23H34O10. The zero-order chi connectivity index (χ0) is 25.5. The largest absolute Gasteiger partial charge is 0.456 e. The molecule has 10 nitrogen and oxygen atoms in total. The molecule has 0 aliphatic heterocycles. The van der Waals surface area contributed by atoms with Crippen LogP contribution in [0.2, 0.25) is 0 Å². The van der Waals surface area contributed by atoms with Crippen molar-refractivity contribution in [1.82, 2.24) is 0 Å². The van der Waals surface area contributed by atoms with E-state index in [9.17, 15) is 29.4 Å². The molecule has 0 amide bonds. The van der Waals surface area contributed by atoms with Crippen LogP contribution < -0.4 is 0 Å². The van der Waals surface area contributed by atoms with E-state index >= 15 is 0 Å². The van der Waals surface area contributed by atoms with E-state index in [0.717, 1.165) is 6.92 Å². The van der Waals surface area contributed by atoms with Crippen molar-refractivity contribution < 1.29 is 48.3 Å². The lowest BCUT2D eigenvalue weighted by atomic mass is 9.84. The molecule has 0 unspecified atom stereocenters. The summed E-state index contributed by atoms with van der Waals surface area (Å²) in [6.07, 6.45) is -6.55. The number of carbonyl (C=O) groups is 4. The first-order valence-corrected chi connectivity index (χ1v) is 10.8. The van der Waals surface area contributed by atoms with Gasteiger partial charge in [0.15, 0.2) is 24.4 Å². The van der Waals surface area contributed by atoms with Gasteiger partial charge in [-0.05, 0) is 34.1 Å². The molecule has 0 bridgehead atoms. The predicted molar refractivity (Wildman–Crippen MR) is 116 cm³/mol. The molecule has 2 N–H and O–H groups in total. The van der Waals surface area contributed by atoms with Gasteiger partial charge in [0.1, 0.15) is 12.2 Å². The summed E-state index contributed by atoms with van der Waals surface area (Å²) >= 11 is 0. The number of esters is 4. The van der Waals surface area contributed by atoms with Gasteiger partial charge in [0.2, 0.25) is 0 Å². The molecule has 1 aliphatic carbocycles. The molecule has 0 heterocycles. The van der Waals surface area contributed by atoms with E-state index < -0.39 is 66.4 Å². The zero-order valence-corrected chi connectivity index (χ0v) is 20.1. The summed E-state index contributed by atoms with van der Waals surface area (Å²) in [6.45, 7) is 10.6. The fraction of sp³-hybridized carbons (Fsp3) is 0.652. The van der Waals surface area contributed by atoms with E-state index in [1.807, 2.05) is 0 Å². The van der Waals surface area contributed by atoms with Crippen molar-refractivity contribution in [3.05, 3.63) is 23.3 Å². The molecule has 1 fully saturated rings. The van der Waals surface area contributed by atoms with E-state index in [2.05, 4.69) is 0 Å². The number of rotatable bonds is 8. The van der Waals surface area contributed by atoms with Crippen molar-refractivity contribution in [1.29, 1.82) is 0 Å². The average molecular weight is 471 g/mol. The van der Waals surface area contributed by atoms with Crippen LogP contribution in [0.1, 0.15) is 54.9 Å². The molecule has 0 saturated heterocycles. The Kier molecular flexibility index (Phi) is 10.7. The van der Waals surface area contributed by atoms with Gasteiger partial charge in [-0.2, -0.15) is 0 Å². The molecule has 186 valence electrons. The van der Waals surface area contributed by atoms with Gasteiger partial charge < -0.3 is 29.2 Å². The molecule has 7 atom stereocenters. The lowest BCUT2D eigenvalue weighted by molar-refractivity contribution is -0.251. The van der Waals surface area contributed by atoms with Crippen LogP contribution in [0.25, 0.3) is 0 Å². The minimum Gasteiger partial charge on any atom is -0.456 e. The number of ether oxygens (including phenoxy) is 4. The standard InChI is InChI=1S/C23H34O10/c1-8-11(4)21(27)31-18-16(26)15(25)17(30-14(7)24)19(32-22(28)12(5)9-2)20(18)33-23(29)13(6)10-3/h8-9,13,15-20,25-26H,10H2,1-7H3/b11-8-,12-9-/t13-,15+,16+,17-,18-,19+,20-/m1/s1. The highest BCUT2D eigenvalue weighted by atomic mass is 16.6. The third-order valence-electron chi connectivity index (χ3n) is 5.56. The number of aliphatic hydroxyl groups is 2. The van der Waals surface area contributed by atoms with Gasteiger partial charge in [-0.3, -0.25) is 9.59 Å². The molecule has 0 aromatic carbocycles.